The van der Waals surface area contributed by atoms with E-state index in [4.69, 9.17) is 5.11 Å². The summed E-state index contributed by atoms with van der Waals surface area (Å²) in [6, 6.07) is 0. The van der Waals surface area contributed by atoms with Crippen molar-refractivity contribution >= 4 is 11.9 Å². The molecule has 0 aromatic rings. The quantitative estimate of drug-likeness (QED) is 0.496. The first kappa shape index (κ1) is 16.3. The molecule has 0 aromatic heterocycles. The fourth-order valence-electron chi connectivity index (χ4n) is 0.504. The molecule has 90 valence electrons. The SMILES string of the molecule is C[N+](C)(C)CCO.O=C([O-])CCC(=O)[O-]. The highest BCUT2D eigenvalue weighted by Crippen LogP contribution is 1.84. The number of nitrogens with zero attached hydrogens (tertiary/aromatic N) is 1. The van der Waals surface area contributed by atoms with Crippen molar-refractivity contribution in [1.29, 1.82) is 0 Å². The second kappa shape index (κ2) is 8.19. The Labute approximate surface area is 89.3 Å². The van der Waals surface area contributed by atoms with Crippen molar-refractivity contribution in [2.45, 2.75) is 12.8 Å². The summed E-state index contributed by atoms with van der Waals surface area (Å²) in [4.78, 5) is 19.0. The Morgan fingerprint density at radius 1 is 1.07 bits per heavy atom. The van der Waals surface area contributed by atoms with Crippen LogP contribution in [0.4, 0.5) is 0 Å². The van der Waals surface area contributed by atoms with Gasteiger partial charge in [-0.3, -0.25) is 0 Å². The van der Waals surface area contributed by atoms with Crippen LogP contribution in [0, 0.1) is 0 Å². The predicted molar refractivity (Wildman–Crippen MR) is 49.2 cm³/mol. The summed E-state index contributed by atoms with van der Waals surface area (Å²) >= 11 is 0. The van der Waals surface area contributed by atoms with Gasteiger partial charge in [-0.15, -0.1) is 0 Å². The number of carboxylic acids is 2. The van der Waals surface area contributed by atoms with E-state index in [1.165, 1.54) is 0 Å². The van der Waals surface area contributed by atoms with Gasteiger partial charge in [-0.1, -0.05) is 0 Å². The molecule has 6 heteroatoms. The van der Waals surface area contributed by atoms with Crippen LogP contribution < -0.4 is 10.2 Å². The predicted octanol–water partition coefficient (Wildman–Crippen LogP) is -3.05. The molecule has 0 heterocycles. The zero-order chi connectivity index (χ0) is 12.5. The Morgan fingerprint density at radius 3 is 1.47 bits per heavy atom. The number of carbonyl (C=O) groups excluding carboxylic acids is 2. The van der Waals surface area contributed by atoms with Gasteiger partial charge in [-0.2, -0.15) is 0 Å². The summed E-state index contributed by atoms with van der Waals surface area (Å²) in [7, 11) is 6.16. The molecule has 0 radical (unpaired) electrons. The molecular formula is C9H18NO5-. The molecule has 1 N–H and O–H groups in total. The number of likely N-dealkylation sites (N-methyl/N-ethyl adjacent to an activating group) is 1. The van der Waals surface area contributed by atoms with Gasteiger partial charge in [-0.25, -0.2) is 0 Å². The standard InChI is InChI=1S/C5H14NO.C4H6O4/c1-6(2,3)4-5-7;5-3(6)1-2-4(7)8/h7H,4-5H2,1-3H3;1-2H2,(H,5,6)(H,7,8)/q+1;/p-2. The van der Waals surface area contributed by atoms with E-state index in [-0.39, 0.29) is 6.61 Å². The first-order valence-electron chi connectivity index (χ1n) is 4.50. The van der Waals surface area contributed by atoms with E-state index in [1.54, 1.807) is 0 Å². The van der Waals surface area contributed by atoms with Crippen LogP contribution in [-0.2, 0) is 9.59 Å². The van der Waals surface area contributed by atoms with Crippen LogP contribution in [0.2, 0.25) is 0 Å². The van der Waals surface area contributed by atoms with Gasteiger partial charge in [-0.05, 0) is 12.8 Å². The van der Waals surface area contributed by atoms with Gasteiger partial charge in [0.15, 0.2) is 0 Å². The van der Waals surface area contributed by atoms with Gasteiger partial charge in [0.1, 0.15) is 6.54 Å². The van der Waals surface area contributed by atoms with E-state index in [0.29, 0.717) is 0 Å². The third-order valence-electron chi connectivity index (χ3n) is 1.30. The van der Waals surface area contributed by atoms with Crippen molar-refractivity contribution in [3.05, 3.63) is 0 Å². The Bertz CT molecular complexity index is 183. The summed E-state index contributed by atoms with van der Waals surface area (Å²) in [6.07, 6.45) is -0.940. The molecule has 0 spiro atoms. The first-order valence-corrected chi connectivity index (χ1v) is 4.50. The monoisotopic (exact) mass is 220 g/mol. The maximum absolute atomic E-state index is 9.50. The minimum atomic E-state index is -1.37. The fraction of sp³-hybridized carbons (Fsp3) is 0.778. The summed E-state index contributed by atoms with van der Waals surface area (Å²) < 4.78 is 0.844. The van der Waals surface area contributed by atoms with Gasteiger partial charge in [0.2, 0.25) is 0 Å². The fourth-order valence-corrected chi connectivity index (χ4v) is 0.504. The Balaban J connectivity index is 0. The largest absolute Gasteiger partial charge is 0.550 e. The van der Waals surface area contributed by atoms with E-state index < -0.39 is 24.8 Å². The number of rotatable bonds is 5. The topological polar surface area (TPSA) is 100 Å². The van der Waals surface area contributed by atoms with Crippen molar-refractivity contribution in [2.24, 2.45) is 0 Å². The van der Waals surface area contributed by atoms with Gasteiger partial charge in [0.25, 0.3) is 0 Å². The molecule has 0 saturated heterocycles. The summed E-state index contributed by atoms with van der Waals surface area (Å²) in [6.45, 7) is 1.11. The van der Waals surface area contributed by atoms with E-state index >= 15 is 0 Å². The molecule has 0 amide bonds. The number of carboxylic acid groups (broad SMARTS) is 2. The number of quaternary nitrogens is 1. The number of carbonyl (C=O) groups is 2. The molecule has 0 unspecified atom stereocenters. The van der Waals surface area contributed by atoms with Crippen molar-refractivity contribution in [3.8, 4) is 0 Å². The lowest BCUT2D eigenvalue weighted by Crippen LogP contribution is -2.36. The van der Waals surface area contributed by atoms with Crippen LogP contribution in [0.5, 0.6) is 0 Å². The molecule has 0 bridgehead atoms. The lowest BCUT2D eigenvalue weighted by molar-refractivity contribution is -0.870. The second-order valence-corrected chi connectivity index (χ2v) is 3.98. The molecule has 6 nitrogen and oxygen atoms in total. The normalized spacial score (nSPS) is 10.1. The van der Waals surface area contributed by atoms with Gasteiger partial charge >= 0.3 is 0 Å². The molecule has 15 heavy (non-hydrogen) atoms. The van der Waals surface area contributed by atoms with E-state index in [0.717, 1.165) is 11.0 Å². The first-order chi connectivity index (χ1) is 6.69. The average Bonchev–Trinajstić information content (AvgIpc) is 1.99. The van der Waals surface area contributed by atoms with Gasteiger partial charge in [0, 0.05) is 11.9 Å². The maximum atomic E-state index is 9.50. The number of hydrogen-bond acceptors (Lipinski definition) is 5. The van der Waals surface area contributed by atoms with Crippen molar-refractivity contribution in [1.82, 2.24) is 0 Å². The molecular weight excluding hydrogens is 202 g/mol. The second-order valence-electron chi connectivity index (χ2n) is 3.98. The number of aliphatic hydroxyl groups is 1. The van der Waals surface area contributed by atoms with Crippen LogP contribution in [0.1, 0.15) is 12.8 Å². The molecule has 0 fully saturated rings. The summed E-state index contributed by atoms with van der Waals surface area (Å²) in [5, 5.41) is 27.4. The zero-order valence-electron chi connectivity index (χ0n) is 9.36. The molecule has 0 aliphatic heterocycles. The highest BCUT2D eigenvalue weighted by atomic mass is 16.4. The van der Waals surface area contributed by atoms with Crippen LogP contribution in [-0.4, -0.2) is 55.8 Å². The van der Waals surface area contributed by atoms with Crippen molar-refractivity contribution in [2.75, 3.05) is 34.3 Å². The van der Waals surface area contributed by atoms with Crippen molar-refractivity contribution < 1.29 is 29.4 Å². The zero-order valence-corrected chi connectivity index (χ0v) is 9.36. The molecule has 0 aliphatic rings. The smallest absolute Gasteiger partial charge is 0.101 e. The van der Waals surface area contributed by atoms with E-state index in [1.807, 2.05) is 0 Å². The molecule has 0 rings (SSSR count). The van der Waals surface area contributed by atoms with Crippen LogP contribution in [0.3, 0.4) is 0 Å². The average molecular weight is 220 g/mol. The number of aliphatic hydroxyl groups excluding tert-OH is 1. The van der Waals surface area contributed by atoms with Crippen LogP contribution in [0.25, 0.3) is 0 Å². The Kier molecular flexibility index (Phi) is 8.90. The number of hydrogen-bond donors (Lipinski definition) is 1. The minimum Gasteiger partial charge on any atom is -0.550 e. The van der Waals surface area contributed by atoms with Crippen LogP contribution in [0.15, 0.2) is 0 Å². The van der Waals surface area contributed by atoms with Crippen molar-refractivity contribution in [3.63, 3.8) is 0 Å². The lowest BCUT2D eigenvalue weighted by Gasteiger charge is -2.21. The highest BCUT2D eigenvalue weighted by Gasteiger charge is 2.02. The number of aliphatic carboxylic acids is 2. The molecule has 0 atom stereocenters. The van der Waals surface area contributed by atoms with Crippen LogP contribution >= 0.6 is 0 Å². The lowest BCUT2D eigenvalue weighted by atomic mass is 10.3. The Hall–Kier alpha value is -1.14. The van der Waals surface area contributed by atoms with E-state index in [9.17, 15) is 19.8 Å². The minimum absolute atomic E-state index is 0.281. The van der Waals surface area contributed by atoms with E-state index in [2.05, 4.69) is 21.1 Å². The van der Waals surface area contributed by atoms with Gasteiger partial charge < -0.3 is 29.4 Å². The molecule has 0 saturated carbocycles. The summed E-state index contributed by atoms with van der Waals surface area (Å²) in [5.74, 6) is -2.73. The Morgan fingerprint density at radius 2 is 1.40 bits per heavy atom. The summed E-state index contributed by atoms with van der Waals surface area (Å²) in [5.41, 5.74) is 0. The maximum Gasteiger partial charge on any atom is 0.101 e. The molecule has 0 aliphatic carbocycles. The third kappa shape index (κ3) is 24.6. The highest BCUT2D eigenvalue weighted by molar-refractivity contribution is 5.72. The molecule has 0 aromatic carbocycles. The third-order valence-corrected chi connectivity index (χ3v) is 1.30. The van der Waals surface area contributed by atoms with Gasteiger partial charge in [0.05, 0.1) is 27.7 Å².